The highest BCUT2D eigenvalue weighted by atomic mass is 32.2. The first-order valence-electron chi connectivity index (χ1n) is 7.79. The predicted octanol–water partition coefficient (Wildman–Crippen LogP) is 3.48. The second-order valence-electron chi connectivity index (χ2n) is 5.41. The summed E-state index contributed by atoms with van der Waals surface area (Å²) in [5.74, 6) is 0.687. The molecule has 0 radical (unpaired) electrons. The average molecular weight is 401 g/mol. The second kappa shape index (κ2) is 8.94. The number of hydrogen-bond donors (Lipinski definition) is 1. The van der Waals surface area contributed by atoms with Gasteiger partial charge in [-0.15, -0.1) is 0 Å². The van der Waals surface area contributed by atoms with Gasteiger partial charge in [0.1, 0.15) is 17.2 Å². The molecular formula is C17H18F3N3O3S. The van der Waals surface area contributed by atoms with E-state index in [0.29, 0.717) is 17.1 Å². The van der Waals surface area contributed by atoms with E-state index in [1.54, 1.807) is 25.1 Å². The average Bonchev–Trinajstić information content (AvgIpc) is 2.65. The number of amides is 1. The zero-order valence-electron chi connectivity index (χ0n) is 14.8. The molecule has 0 saturated heterocycles. The number of ether oxygens (including phenoxy) is 2. The quantitative estimate of drug-likeness (QED) is 0.566. The number of methoxy groups -OCH3 is 2. The number of halogens is 3. The topological polar surface area (TPSA) is 73.3 Å². The van der Waals surface area contributed by atoms with Gasteiger partial charge < -0.3 is 14.8 Å². The maximum absolute atomic E-state index is 12.7. The number of carbonyl (C=O) groups is 1. The lowest BCUT2D eigenvalue weighted by Crippen LogP contribution is -2.28. The molecule has 0 fully saturated rings. The minimum atomic E-state index is -4.56. The van der Waals surface area contributed by atoms with Crippen molar-refractivity contribution < 1.29 is 27.4 Å². The van der Waals surface area contributed by atoms with E-state index in [9.17, 15) is 18.0 Å². The summed E-state index contributed by atoms with van der Waals surface area (Å²) in [6, 6.07) is 5.58. The SMILES string of the molecule is COc1ccc(OC)c([C@H](C)NC(=O)CSc2nccc(C(F)(F)F)n2)c1. The fourth-order valence-corrected chi connectivity index (χ4v) is 2.88. The van der Waals surface area contributed by atoms with Gasteiger partial charge in [0.05, 0.1) is 26.0 Å². The van der Waals surface area contributed by atoms with E-state index in [1.807, 2.05) is 0 Å². The first kappa shape index (κ1) is 20.8. The van der Waals surface area contributed by atoms with Crippen molar-refractivity contribution in [2.24, 2.45) is 0 Å². The summed E-state index contributed by atoms with van der Waals surface area (Å²) in [4.78, 5) is 19.3. The van der Waals surface area contributed by atoms with Crippen LogP contribution in [0.25, 0.3) is 0 Å². The molecule has 0 aliphatic carbocycles. The van der Waals surface area contributed by atoms with Crippen molar-refractivity contribution >= 4 is 17.7 Å². The van der Waals surface area contributed by atoms with Crippen molar-refractivity contribution in [1.82, 2.24) is 15.3 Å². The van der Waals surface area contributed by atoms with Crippen LogP contribution in [0.3, 0.4) is 0 Å². The molecule has 0 aliphatic heterocycles. The van der Waals surface area contributed by atoms with Crippen LogP contribution in [-0.2, 0) is 11.0 Å². The molecule has 0 saturated carbocycles. The largest absolute Gasteiger partial charge is 0.497 e. The predicted molar refractivity (Wildman–Crippen MR) is 93.9 cm³/mol. The van der Waals surface area contributed by atoms with E-state index in [2.05, 4.69) is 15.3 Å². The molecule has 0 aliphatic rings. The number of nitrogens with one attached hydrogen (secondary N) is 1. The molecule has 1 aromatic heterocycles. The van der Waals surface area contributed by atoms with Gasteiger partial charge in [-0.05, 0) is 31.2 Å². The van der Waals surface area contributed by atoms with Crippen LogP contribution in [-0.4, -0.2) is 35.8 Å². The lowest BCUT2D eigenvalue weighted by molar-refractivity contribution is -0.141. The summed E-state index contributed by atoms with van der Waals surface area (Å²) in [6.45, 7) is 1.76. The number of hydrogen-bond acceptors (Lipinski definition) is 6. The highest BCUT2D eigenvalue weighted by Crippen LogP contribution is 2.30. The maximum atomic E-state index is 12.7. The van der Waals surface area contributed by atoms with Crippen molar-refractivity contribution in [2.45, 2.75) is 24.3 Å². The lowest BCUT2D eigenvalue weighted by Gasteiger charge is -2.18. The number of carbonyl (C=O) groups excluding carboxylic acids is 1. The molecule has 6 nitrogen and oxygen atoms in total. The molecule has 0 spiro atoms. The summed E-state index contributed by atoms with van der Waals surface area (Å²) in [7, 11) is 3.04. The Hall–Kier alpha value is -2.49. The normalized spacial score (nSPS) is 12.4. The van der Waals surface area contributed by atoms with Gasteiger partial charge in [-0.3, -0.25) is 4.79 Å². The number of alkyl halides is 3. The summed E-state index contributed by atoms with van der Waals surface area (Å²) in [6.07, 6.45) is -3.54. The van der Waals surface area contributed by atoms with Crippen molar-refractivity contribution in [3.63, 3.8) is 0 Å². The Labute approximate surface area is 158 Å². The molecule has 0 unspecified atom stereocenters. The Kier molecular flexibility index (Phi) is 6.89. The molecule has 2 aromatic rings. The molecule has 1 heterocycles. The third kappa shape index (κ3) is 5.75. The van der Waals surface area contributed by atoms with Crippen LogP contribution in [0.15, 0.2) is 35.6 Å². The molecule has 146 valence electrons. The highest BCUT2D eigenvalue weighted by Gasteiger charge is 2.32. The number of thioether (sulfide) groups is 1. The van der Waals surface area contributed by atoms with E-state index in [0.717, 1.165) is 24.0 Å². The van der Waals surface area contributed by atoms with Crippen LogP contribution < -0.4 is 14.8 Å². The van der Waals surface area contributed by atoms with Crippen LogP contribution in [0.5, 0.6) is 11.5 Å². The Morgan fingerprint density at radius 3 is 2.63 bits per heavy atom. The van der Waals surface area contributed by atoms with Gasteiger partial charge in [-0.1, -0.05) is 11.8 Å². The van der Waals surface area contributed by atoms with Crippen LogP contribution >= 0.6 is 11.8 Å². The fraction of sp³-hybridized carbons (Fsp3) is 0.353. The maximum Gasteiger partial charge on any atom is 0.433 e. The number of rotatable bonds is 7. The number of nitrogens with zero attached hydrogens (tertiary/aromatic N) is 2. The Balaban J connectivity index is 2.00. The number of benzene rings is 1. The highest BCUT2D eigenvalue weighted by molar-refractivity contribution is 7.99. The van der Waals surface area contributed by atoms with Crippen LogP contribution in [0.2, 0.25) is 0 Å². The summed E-state index contributed by atoms with van der Waals surface area (Å²) >= 11 is 0.823. The molecule has 2 rings (SSSR count). The molecule has 1 aromatic carbocycles. The Morgan fingerprint density at radius 1 is 1.26 bits per heavy atom. The molecule has 1 N–H and O–H groups in total. The minimum Gasteiger partial charge on any atom is -0.497 e. The summed E-state index contributed by atoms with van der Waals surface area (Å²) < 4.78 is 48.4. The van der Waals surface area contributed by atoms with Gasteiger partial charge in [-0.25, -0.2) is 9.97 Å². The third-order valence-corrected chi connectivity index (χ3v) is 4.40. The minimum absolute atomic E-state index is 0.119. The molecular weight excluding hydrogens is 383 g/mol. The van der Waals surface area contributed by atoms with Gasteiger partial charge in [0.25, 0.3) is 0 Å². The molecule has 27 heavy (non-hydrogen) atoms. The van der Waals surface area contributed by atoms with E-state index in [-0.39, 0.29) is 16.8 Å². The van der Waals surface area contributed by atoms with E-state index < -0.39 is 17.9 Å². The van der Waals surface area contributed by atoms with E-state index in [1.165, 1.54) is 14.2 Å². The van der Waals surface area contributed by atoms with Crippen molar-refractivity contribution in [3.05, 3.63) is 41.7 Å². The van der Waals surface area contributed by atoms with Gasteiger partial charge in [0.2, 0.25) is 5.91 Å². The molecule has 10 heteroatoms. The zero-order chi connectivity index (χ0) is 20.0. The fourth-order valence-electron chi connectivity index (χ4n) is 2.24. The van der Waals surface area contributed by atoms with Gasteiger partial charge in [0.15, 0.2) is 5.16 Å². The Bertz CT molecular complexity index is 802. The Morgan fingerprint density at radius 2 is 2.00 bits per heavy atom. The third-order valence-electron chi connectivity index (χ3n) is 3.54. The molecule has 1 atom stereocenters. The van der Waals surface area contributed by atoms with Gasteiger partial charge in [0, 0.05) is 11.8 Å². The molecule has 0 bridgehead atoms. The van der Waals surface area contributed by atoms with Gasteiger partial charge in [-0.2, -0.15) is 13.2 Å². The summed E-state index contributed by atoms with van der Waals surface area (Å²) in [5.41, 5.74) is -0.333. The monoisotopic (exact) mass is 401 g/mol. The smallest absolute Gasteiger partial charge is 0.433 e. The second-order valence-corrected chi connectivity index (χ2v) is 6.35. The van der Waals surface area contributed by atoms with Crippen LogP contribution in [0, 0.1) is 0 Å². The van der Waals surface area contributed by atoms with Crippen molar-refractivity contribution in [3.8, 4) is 11.5 Å². The van der Waals surface area contributed by atoms with Crippen molar-refractivity contribution in [1.29, 1.82) is 0 Å². The van der Waals surface area contributed by atoms with Crippen LogP contribution in [0.4, 0.5) is 13.2 Å². The van der Waals surface area contributed by atoms with Gasteiger partial charge >= 0.3 is 6.18 Å². The van der Waals surface area contributed by atoms with E-state index >= 15 is 0 Å². The zero-order valence-corrected chi connectivity index (χ0v) is 15.6. The summed E-state index contributed by atoms with van der Waals surface area (Å²) in [5, 5.41) is 2.65. The molecule has 1 amide bonds. The van der Waals surface area contributed by atoms with E-state index in [4.69, 9.17) is 9.47 Å². The van der Waals surface area contributed by atoms with Crippen LogP contribution in [0.1, 0.15) is 24.2 Å². The lowest BCUT2D eigenvalue weighted by atomic mass is 10.1. The standard InChI is InChI=1S/C17H18F3N3O3S/c1-10(12-8-11(25-2)4-5-13(12)26-3)22-15(24)9-27-16-21-7-6-14(23-16)17(18,19)20/h4-8,10H,9H2,1-3H3,(H,22,24)/t10-/m0/s1. The first-order chi connectivity index (χ1) is 12.7. The number of aromatic nitrogens is 2. The van der Waals surface area contributed by atoms with Crippen molar-refractivity contribution in [2.75, 3.05) is 20.0 Å². The first-order valence-corrected chi connectivity index (χ1v) is 8.77.